The summed E-state index contributed by atoms with van der Waals surface area (Å²) in [4.78, 5) is 25.1. The van der Waals surface area contributed by atoms with Gasteiger partial charge in [-0.25, -0.2) is 0 Å². The molecule has 0 aliphatic carbocycles. The number of carbonyl (C=O) groups excluding carboxylic acids is 1. The molecule has 6 heteroatoms. The van der Waals surface area contributed by atoms with Crippen LogP contribution in [0.2, 0.25) is 5.02 Å². The number of piperidine rings is 1. The molecule has 0 saturated carbocycles. The van der Waals surface area contributed by atoms with Crippen LogP contribution in [0.5, 0.6) is 0 Å². The van der Waals surface area contributed by atoms with Crippen molar-refractivity contribution in [3.8, 4) is 0 Å². The Morgan fingerprint density at radius 2 is 2.29 bits per heavy atom. The summed E-state index contributed by atoms with van der Waals surface area (Å²) in [6, 6.07) is 1.68. The second-order valence-corrected chi connectivity index (χ2v) is 5.35. The lowest BCUT2D eigenvalue weighted by Crippen LogP contribution is -2.42. The summed E-state index contributed by atoms with van der Waals surface area (Å²) in [5, 5.41) is 11.2. The number of likely N-dealkylation sites (tertiary alicyclic amines) is 1. The molecule has 1 amide bonds. The van der Waals surface area contributed by atoms with Gasteiger partial charge >= 0.3 is 5.97 Å². The van der Waals surface area contributed by atoms with Crippen molar-refractivity contribution in [2.45, 2.75) is 12.8 Å². The van der Waals surface area contributed by atoms with Gasteiger partial charge in [0.1, 0.15) is 4.88 Å². The van der Waals surface area contributed by atoms with Gasteiger partial charge in [-0.3, -0.25) is 9.59 Å². The maximum absolute atomic E-state index is 12.1. The van der Waals surface area contributed by atoms with Crippen molar-refractivity contribution in [2.75, 3.05) is 13.1 Å². The summed E-state index contributed by atoms with van der Waals surface area (Å²) in [6.07, 6.45) is 1.36. The largest absolute Gasteiger partial charge is 0.481 e. The summed E-state index contributed by atoms with van der Waals surface area (Å²) >= 11 is 7.19. The molecule has 92 valence electrons. The third-order valence-corrected chi connectivity index (χ3v) is 4.20. The molecule has 1 aromatic heterocycles. The van der Waals surface area contributed by atoms with Gasteiger partial charge in [0.05, 0.1) is 10.9 Å². The highest BCUT2D eigenvalue weighted by molar-refractivity contribution is 7.12. The molecule has 0 aromatic carbocycles. The zero-order chi connectivity index (χ0) is 12.4. The molecular formula is C11H12ClNO3S. The third-order valence-electron chi connectivity index (χ3n) is 2.87. The first-order valence-corrected chi connectivity index (χ1v) is 6.60. The number of nitrogens with zero attached hydrogens (tertiary/aromatic N) is 1. The van der Waals surface area contributed by atoms with Crippen LogP contribution < -0.4 is 0 Å². The van der Waals surface area contributed by atoms with Crippen LogP contribution in [-0.2, 0) is 4.79 Å². The molecule has 2 heterocycles. The molecule has 1 saturated heterocycles. The molecule has 4 nitrogen and oxygen atoms in total. The molecule has 0 unspecified atom stereocenters. The fourth-order valence-corrected chi connectivity index (χ4v) is 3.06. The molecule has 1 aliphatic rings. The van der Waals surface area contributed by atoms with E-state index in [1.54, 1.807) is 16.3 Å². The highest BCUT2D eigenvalue weighted by Crippen LogP contribution is 2.26. The lowest BCUT2D eigenvalue weighted by Gasteiger charge is -2.30. The van der Waals surface area contributed by atoms with Crippen LogP contribution in [0.1, 0.15) is 22.5 Å². The number of thiophene rings is 1. The van der Waals surface area contributed by atoms with Crippen LogP contribution in [0.3, 0.4) is 0 Å². The summed E-state index contributed by atoms with van der Waals surface area (Å²) in [5.41, 5.74) is 0. The van der Waals surface area contributed by atoms with Gasteiger partial charge in [0.15, 0.2) is 0 Å². The number of carboxylic acid groups (broad SMARTS) is 1. The summed E-state index contributed by atoms with van der Waals surface area (Å²) < 4.78 is 0. The lowest BCUT2D eigenvalue weighted by atomic mass is 9.98. The smallest absolute Gasteiger partial charge is 0.308 e. The van der Waals surface area contributed by atoms with Gasteiger partial charge in [0.2, 0.25) is 0 Å². The minimum Gasteiger partial charge on any atom is -0.481 e. The average molecular weight is 274 g/mol. The second-order valence-electron chi connectivity index (χ2n) is 4.03. The Morgan fingerprint density at radius 3 is 2.88 bits per heavy atom. The summed E-state index contributed by atoms with van der Waals surface area (Å²) in [5.74, 6) is -1.44. The number of hydrogen-bond donors (Lipinski definition) is 1. The van der Waals surface area contributed by atoms with E-state index >= 15 is 0 Å². The fourth-order valence-electron chi connectivity index (χ4n) is 1.95. The first-order valence-electron chi connectivity index (χ1n) is 5.34. The molecular weight excluding hydrogens is 262 g/mol. The van der Waals surface area contributed by atoms with E-state index in [4.69, 9.17) is 16.7 Å². The standard InChI is InChI=1S/C11H12ClNO3S/c12-8-3-5-17-9(8)10(14)13-4-1-2-7(6-13)11(15)16/h3,5,7H,1-2,4,6H2,(H,15,16)/t7-/m1/s1. The lowest BCUT2D eigenvalue weighted by molar-refractivity contribution is -0.143. The van der Waals surface area contributed by atoms with E-state index in [0.29, 0.717) is 22.9 Å². The van der Waals surface area contributed by atoms with Gasteiger partial charge in [0, 0.05) is 13.1 Å². The summed E-state index contributed by atoms with van der Waals surface area (Å²) in [6.45, 7) is 0.888. The zero-order valence-corrected chi connectivity index (χ0v) is 10.6. The van der Waals surface area contributed by atoms with Crippen molar-refractivity contribution in [1.82, 2.24) is 4.90 Å². The topological polar surface area (TPSA) is 57.6 Å². The molecule has 0 spiro atoms. The number of rotatable bonds is 2. The van der Waals surface area contributed by atoms with E-state index in [1.165, 1.54) is 11.3 Å². The maximum atomic E-state index is 12.1. The highest BCUT2D eigenvalue weighted by atomic mass is 35.5. The molecule has 1 N–H and O–H groups in total. The molecule has 2 rings (SSSR count). The number of carbonyl (C=O) groups is 2. The van der Waals surface area contributed by atoms with Crippen LogP contribution >= 0.6 is 22.9 Å². The third kappa shape index (κ3) is 2.61. The first kappa shape index (κ1) is 12.4. The Hall–Kier alpha value is -1.07. The van der Waals surface area contributed by atoms with Crippen LogP contribution in [0.25, 0.3) is 0 Å². The van der Waals surface area contributed by atoms with Crippen molar-refractivity contribution in [1.29, 1.82) is 0 Å². The van der Waals surface area contributed by atoms with E-state index in [9.17, 15) is 9.59 Å². The van der Waals surface area contributed by atoms with Crippen molar-refractivity contribution in [3.63, 3.8) is 0 Å². The molecule has 17 heavy (non-hydrogen) atoms. The zero-order valence-electron chi connectivity index (χ0n) is 9.06. The molecule has 1 aliphatic heterocycles. The number of carboxylic acids is 1. The second kappa shape index (κ2) is 5.06. The van der Waals surface area contributed by atoms with E-state index < -0.39 is 11.9 Å². The number of aliphatic carboxylic acids is 1. The summed E-state index contributed by atoms with van der Waals surface area (Å²) in [7, 11) is 0. The van der Waals surface area contributed by atoms with Gasteiger partial charge in [-0.2, -0.15) is 0 Å². The Morgan fingerprint density at radius 1 is 1.53 bits per heavy atom. The number of amides is 1. The van der Waals surface area contributed by atoms with Crippen molar-refractivity contribution >= 4 is 34.8 Å². The molecule has 1 fully saturated rings. The Balaban J connectivity index is 2.10. The molecule has 0 radical (unpaired) electrons. The predicted molar refractivity (Wildman–Crippen MR) is 65.6 cm³/mol. The van der Waals surface area contributed by atoms with Crippen LogP contribution in [0.4, 0.5) is 0 Å². The van der Waals surface area contributed by atoms with E-state index in [2.05, 4.69) is 0 Å². The Kier molecular flexibility index (Phi) is 3.69. The van der Waals surface area contributed by atoms with E-state index in [1.807, 2.05) is 0 Å². The van der Waals surface area contributed by atoms with Gasteiger partial charge in [-0.15, -0.1) is 11.3 Å². The fraction of sp³-hybridized carbons (Fsp3) is 0.455. The van der Waals surface area contributed by atoms with Gasteiger partial charge in [0.25, 0.3) is 5.91 Å². The van der Waals surface area contributed by atoms with Gasteiger partial charge in [-0.1, -0.05) is 11.6 Å². The molecule has 1 atom stereocenters. The predicted octanol–water partition coefficient (Wildman–Crippen LogP) is 2.34. The van der Waals surface area contributed by atoms with Gasteiger partial charge in [-0.05, 0) is 24.3 Å². The maximum Gasteiger partial charge on any atom is 0.308 e. The number of halogens is 1. The van der Waals surface area contributed by atoms with Crippen molar-refractivity contribution < 1.29 is 14.7 Å². The van der Waals surface area contributed by atoms with Crippen molar-refractivity contribution in [2.24, 2.45) is 5.92 Å². The molecule has 1 aromatic rings. The quantitative estimate of drug-likeness (QED) is 0.900. The minimum absolute atomic E-state index is 0.157. The first-order chi connectivity index (χ1) is 8.09. The van der Waals surface area contributed by atoms with Crippen LogP contribution in [0.15, 0.2) is 11.4 Å². The SMILES string of the molecule is O=C(O)[C@@H]1CCCN(C(=O)c2sccc2Cl)C1. The van der Waals surface area contributed by atoms with Crippen LogP contribution in [0, 0.1) is 5.92 Å². The van der Waals surface area contributed by atoms with E-state index in [-0.39, 0.29) is 12.5 Å². The Bertz CT molecular complexity index is 446. The monoisotopic (exact) mass is 273 g/mol. The van der Waals surface area contributed by atoms with Crippen LogP contribution in [-0.4, -0.2) is 35.0 Å². The number of hydrogen-bond acceptors (Lipinski definition) is 3. The van der Waals surface area contributed by atoms with Crippen molar-refractivity contribution in [3.05, 3.63) is 21.3 Å². The average Bonchev–Trinajstić information content (AvgIpc) is 2.74. The Labute approximate surface area is 108 Å². The molecule has 0 bridgehead atoms. The van der Waals surface area contributed by atoms with Gasteiger partial charge < -0.3 is 10.0 Å². The normalized spacial score (nSPS) is 20.3. The van der Waals surface area contributed by atoms with E-state index in [0.717, 1.165) is 6.42 Å². The highest BCUT2D eigenvalue weighted by Gasteiger charge is 2.29. The minimum atomic E-state index is -0.834.